The molecule has 6 heteroatoms. The van der Waals surface area contributed by atoms with E-state index in [1.165, 1.54) is 0 Å². The third-order valence-electron chi connectivity index (χ3n) is 3.76. The van der Waals surface area contributed by atoms with Crippen molar-refractivity contribution in [3.05, 3.63) is 47.7 Å². The highest BCUT2D eigenvalue weighted by atomic mass is 16.5. The first kappa shape index (κ1) is 19.6. The number of amides is 1. The molecule has 26 heavy (non-hydrogen) atoms. The average Bonchev–Trinajstić information content (AvgIpc) is 2.64. The zero-order chi connectivity index (χ0) is 18.9. The van der Waals surface area contributed by atoms with Crippen LogP contribution in [0.3, 0.4) is 0 Å². The summed E-state index contributed by atoms with van der Waals surface area (Å²) in [5, 5.41) is 2.92. The maximum absolute atomic E-state index is 12.2. The molecule has 1 heterocycles. The highest BCUT2D eigenvalue weighted by Crippen LogP contribution is 2.28. The first-order chi connectivity index (χ1) is 12.5. The standard InChI is InChI=1S/C20H26N2O4/c1-14(2)26-20-16(6-5-11-21-20)13-22-19(23)10-8-15-7-9-17(24-3)18(12-15)25-4/h5-7,9,11-12,14H,8,10,13H2,1-4H3,(H,22,23). The van der Waals surface area contributed by atoms with Crippen LogP contribution in [0.4, 0.5) is 0 Å². The van der Waals surface area contributed by atoms with Crippen molar-refractivity contribution < 1.29 is 19.0 Å². The molecule has 0 aliphatic heterocycles. The summed E-state index contributed by atoms with van der Waals surface area (Å²) in [5.74, 6) is 1.87. The van der Waals surface area contributed by atoms with E-state index in [1.807, 2.05) is 44.2 Å². The lowest BCUT2D eigenvalue weighted by Crippen LogP contribution is -2.23. The summed E-state index contributed by atoms with van der Waals surface area (Å²) in [6.45, 7) is 4.28. The lowest BCUT2D eigenvalue weighted by atomic mass is 10.1. The molecule has 1 amide bonds. The van der Waals surface area contributed by atoms with E-state index in [-0.39, 0.29) is 12.0 Å². The number of carbonyl (C=O) groups is 1. The smallest absolute Gasteiger partial charge is 0.220 e. The van der Waals surface area contributed by atoms with E-state index in [4.69, 9.17) is 14.2 Å². The molecule has 1 aromatic carbocycles. The number of aromatic nitrogens is 1. The molecular weight excluding hydrogens is 332 g/mol. The molecule has 0 aliphatic rings. The average molecular weight is 358 g/mol. The van der Waals surface area contributed by atoms with Gasteiger partial charge in [-0.25, -0.2) is 4.98 Å². The Kier molecular flexibility index (Phi) is 7.26. The summed E-state index contributed by atoms with van der Waals surface area (Å²) in [4.78, 5) is 16.4. The molecule has 0 bridgehead atoms. The third kappa shape index (κ3) is 5.65. The zero-order valence-corrected chi connectivity index (χ0v) is 15.7. The first-order valence-electron chi connectivity index (χ1n) is 8.61. The molecule has 0 radical (unpaired) electrons. The maximum atomic E-state index is 12.2. The highest BCUT2D eigenvalue weighted by molar-refractivity contribution is 5.76. The molecule has 0 saturated carbocycles. The lowest BCUT2D eigenvalue weighted by Gasteiger charge is -2.13. The van der Waals surface area contributed by atoms with Crippen LogP contribution >= 0.6 is 0 Å². The molecule has 0 atom stereocenters. The van der Waals surface area contributed by atoms with Gasteiger partial charge in [-0.15, -0.1) is 0 Å². The van der Waals surface area contributed by atoms with Crippen LogP contribution in [0.5, 0.6) is 17.4 Å². The molecule has 0 spiro atoms. The fraction of sp³-hybridized carbons (Fsp3) is 0.400. The van der Waals surface area contributed by atoms with Gasteiger partial charge >= 0.3 is 0 Å². The number of nitrogens with zero attached hydrogens (tertiary/aromatic N) is 1. The van der Waals surface area contributed by atoms with Gasteiger partial charge in [0.25, 0.3) is 0 Å². The summed E-state index contributed by atoms with van der Waals surface area (Å²) in [7, 11) is 3.19. The number of nitrogens with one attached hydrogen (secondary N) is 1. The van der Waals surface area contributed by atoms with Crippen LogP contribution < -0.4 is 19.5 Å². The predicted octanol–water partition coefficient (Wildman–Crippen LogP) is 3.14. The molecule has 1 N–H and O–H groups in total. The van der Waals surface area contributed by atoms with E-state index in [0.29, 0.717) is 36.8 Å². The Labute approximate surface area is 154 Å². The van der Waals surface area contributed by atoms with Crippen molar-refractivity contribution in [2.24, 2.45) is 0 Å². The van der Waals surface area contributed by atoms with Crippen LogP contribution in [0, 0.1) is 0 Å². The van der Waals surface area contributed by atoms with E-state index < -0.39 is 0 Å². The fourth-order valence-electron chi connectivity index (χ4n) is 2.46. The Bertz CT molecular complexity index is 732. The van der Waals surface area contributed by atoms with Gasteiger partial charge in [-0.2, -0.15) is 0 Å². The minimum Gasteiger partial charge on any atom is -0.493 e. The number of rotatable bonds is 9. The molecule has 0 unspecified atom stereocenters. The van der Waals surface area contributed by atoms with E-state index in [1.54, 1.807) is 20.4 Å². The van der Waals surface area contributed by atoms with Crippen molar-refractivity contribution in [1.29, 1.82) is 0 Å². The Hall–Kier alpha value is -2.76. The maximum Gasteiger partial charge on any atom is 0.220 e. The number of carbonyl (C=O) groups excluding carboxylic acids is 1. The van der Waals surface area contributed by atoms with Crippen molar-refractivity contribution in [3.8, 4) is 17.4 Å². The molecule has 6 nitrogen and oxygen atoms in total. The second-order valence-electron chi connectivity index (χ2n) is 6.10. The van der Waals surface area contributed by atoms with E-state index in [2.05, 4.69) is 10.3 Å². The minimum atomic E-state index is -0.0286. The Balaban J connectivity index is 1.88. The number of aryl methyl sites for hydroxylation is 1. The minimum absolute atomic E-state index is 0.0286. The van der Waals surface area contributed by atoms with Gasteiger partial charge in [-0.3, -0.25) is 4.79 Å². The lowest BCUT2D eigenvalue weighted by molar-refractivity contribution is -0.121. The van der Waals surface area contributed by atoms with Crippen LogP contribution in [0.25, 0.3) is 0 Å². The summed E-state index contributed by atoms with van der Waals surface area (Å²) in [6, 6.07) is 9.40. The monoisotopic (exact) mass is 358 g/mol. The Morgan fingerprint density at radius 3 is 2.62 bits per heavy atom. The van der Waals surface area contributed by atoms with Gasteiger partial charge in [-0.05, 0) is 44.0 Å². The number of hydrogen-bond donors (Lipinski definition) is 1. The van der Waals surface area contributed by atoms with E-state index in [0.717, 1.165) is 11.1 Å². The number of benzene rings is 1. The second kappa shape index (κ2) is 9.65. The van der Waals surface area contributed by atoms with Gasteiger partial charge < -0.3 is 19.5 Å². The van der Waals surface area contributed by atoms with Crippen molar-refractivity contribution in [1.82, 2.24) is 10.3 Å². The van der Waals surface area contributed by atoms with Crippen LogP contribution in [0.2, 0.25) is 0 Å². The topological polar surface area (TPSA) is 69.7 Å². The summed E-state index contributed by atoms with van der Waals surface area (Å²) >= 11 is 0. The number of ether oxygens (including phenoxy) is 3. The van der Waals surface area contributed by atoms with Crippen molar-refractivity contribution in [2.75, 3.05) is 14.2 Å². The fourth-order valence-corrected chi connectivity index (χ4v) is 2.46. The van der Waals surface area contributed by atoms with Crippen LogP contribution in [0.1, 0.15) is 31.4 Å². The predicted molar refractivity (Wildman–Crippen MR) is 99.7 cm³/mol. The normalized spacial score (nSPS) is 10.5. The molecular formula is C20H26N2O4. The van der Waals surface area contributed by atoms with Gasteiger partial charge in [0.05, 0.1) is 20.3 Å². The number of hydrogen-bond acceptors (Lipinski definition) is 5. The molecule has 1 aromatic heterocycles. The van der Waals surface area contributed by atoms with Gasteiger partial charge in [-0.1, -0.05) is 12.1 Å². The van der Waals surface area contributed by atoms with Gasteiger partial charge in [0.2, 0.25) is 11.8 Å². The van der Waals surface area contributed by atoms with Crippen LogP contribution in [-0.4, -0.2) is 31.2 Å². The summed E-state index contributed by atoms with van der Waals surface area (Å²) in [6.07, 6.45) is 2.72. The molecule has 2 aromatic rings. The van der Waals surface area contributed by atoms with E-state index in [9.17, 15) is 4.79 Å². The molecule has 0 saturated heterocycles. The van der Waals surface area contributed by atoms with Gasteiger partial charge in [0.15, 0.2) is 11.5 Å². The number of methoxy groups -OCH3 is 2. The van der Waals surface area contributed by atoms with Gasteiger partial charge in [0.1, 0.15) is 0 Å². The summed E-state index contributed by atoms with van der Waals surface area (Å²) in [5.41, 5.74) is 1.88. The molecule has 0 fully saturated rings. The van der Waals surface area contributed by atoms with Crippen molar-refractivity contribution in [2.45, 2.75) is 39.3 Å². The van der Waals surface area contributed by atoms with Crippen molar-refractivity contribution >= 4 is 5.91 Å². The summed E-state index contributed by atoms with van der Waals surface area (Å²) < 4.78 is 16.2. The first-order valence-corrected chi connectivity index (χ1v) is 8.61. The highest BCUT2D eigenvalue weighted by Gasteiger charge is 2.10. The largest absolute Gasteiger partial charge is 0.493 e. The van der Waals surface area contributed by atoms with Crippen LogP contribution in [-0.2, 0) is 17.8 Å². The molecule has 2 rings (SSSR count). The quantitative estimate of drug-likeness (QED) is 0.746. The SMILES string of the molecule is COc1ccc(CCC(=O)NCc2cccnc2OC(C)C)cc1OC. The Morgan fingerprint density at radius 1 is 1.15 bits per heavy atom. The Morgan fingerprint density at radius 2 is 1.92 bits per heavy atom. The molecule has 140 valence electrons. The van der Waals surface area contributed by atoms with E-state index >= 15 is 0 Å². The molecule has 0 aliphatic carbocycles. The second-order valence-corrected chi connectivity index (χ2v) is 6.10. The van der Waals surface area contributed by atoms with Crippen molar-refractivity contribution in [3.63, 3.8) is 0 Å². The van der Waals surface area contributed by atoms with Crippen LogP contribution in [0.15, 0.2) is 36.5 Å². The number of pyridine rings is 1. The third-order valence-corrected chi connectivity index (χ3v) is 3.76. The zero-order valence-electron chi connectivity index (χ0n) is 15.7. The van der Waals surface area contributed by atoms with Gasteiger partial charge in [0, 0.05) is 24.7 Å².